The van der Waals surface area contributed by atoms with Gasteiger partial charge in [0.2, 0.25) is 10.0 Å². The molecule has 1 aromatic carbocycles. The summed E-state index contributed by atoms with van der Waals surface area (Å²) in [6.07, 6.45) is 0. The highest BCUT2D eigenvalue weighted by Crippen LogP contribution is 2.26. The number of hydrogen-bond donors (Lipinski definition) is 2. The highest BCUT2D eigenvalue weighted by molar-refractivity contribution is 9.10. The van der Waals surface area contributed by atoms with Gasteiger partial charge in [-0.15, -0.1) is 0 Å². The van der Waals surface area contributed by atoms with E-state index >= 15 is 0 Å². The lowest BCUT2D eigenvalue weighted by molar-refractivity contribution is 0.281. The molecule has 0 heterocycles. The van der Waals surface area contributed by atoms with Crippen molar-refractivity contribution in [1.29, 1.82) is 0 Å². The van der Waals surface area contributed by atoms with Crippen molar-refractivity contribution in [3.8, 4) is 0 Å². The van der Waals surface area contributed by atoms with Gasteiger partial charge in [-0.25, -0.2) is 13.1 Å². The zero-order valence-electron chi connectivity index (χ0n) is 10.9. The van der Waals surface area contributed by atoms with E-state index in [9.17, 15) is 8.42 Å². The summed E-state index contributed by atoms with van der Waals surface area (Å²) in [7, 11) is -3.59. The Hall–Kier alpha value is -0.430. The second-order valence-corrected chi connectivity index (χ2v) is 7.72. The maximum atomic E-state index is 12.3. The van der Waals surface area contributed by atoms with Crippen LogP contribution in [0.3, 0.4) is 0 Å². The molecule has 0 saturated heterocycles. The molecule has 6 heteroatoms. The first-order valence-electron chi connectivity index (χ1n) is 5.51. The minimum absolute atomic E-state index is 0.191. The third-order valence-electron chi connectivity index (χ3n) is 2.27. The number of hydrogen-bond acceptors (Lipinski definition) is 3. The largest absolute Gasteiger partial charge is 0.392 e. The Morgan fingerprint density at radius 2 is 1.89 bits per heavy atom. The monoisotopic (exact) mass is 335 g/mol. The molecule has 0 aliphatic heterocycles. The molecule has 0 aromatic heterocycles. The SMILES string of the molecule is Cc1c(Br)cc(CO)cc1S(=O)(=O)NC(C)(C)C. The average Bonchev–Trinajstić information content (AvgIpc) is 2.17. The van der Waals surface area contributed by atoms with Gasteiger partial charge in [0.15, 0.2) is 0 Å². The summed E-state index contributed by atoms with van der Waals surface area (Å²) in [5, 5.41) is 9.14. The molecule has 2 N–H and O–H groups in total. The molecule has 0 atom stereocenters. The van der Waals surface area contributed by atoms with E-state index < -0.39 is 15.6 Å². The zero-order valence-corrected chi connectivity index (χ0v) is 13.3. The molecule has 18 heavy (non-hydrogen) atoms. The fourth-order valence-electron chi connectivity index (χ4n) is 1.54. The molecule has 1 aromatic rings. The summed E-state index contributed by atoms with van der Waals surface area (Å²) in [5.41, 5.74) is 0.637. The number of nitrogens with one attached hydrogen (secondary N) is 1. The summed E-state index contributed by atoms with van der Waals surface area (Å²) in [5.74, 6) is 0. The van der Waals surface area contributed by atoms with Crippen molar-refractivity contribution in [1.82, 2.24) is 4.72 Å². The molecule has 0 aliphatic rings. The lowest BCUT2D eigenvalue weighted by atomic mass is 10.1. The van der Waals surface area contributed by atoms with Crippen LogP contribution in [-0.4, -0.2) is 19.1 Å². The van der Waals surface area contributed by atoms with Gasteiger partial charge in [0.25, 0.3) is 0 Å². The van der Waals surface area contributed by atoms with E-state index in [4.69, 9.17) is 5.11 Å². The summed E-state index contributed by atoms with van der Waals surface area (Å²) < 4.78 is 27.8. The molecule has 102 valence electrons. The maximum Gasteiger partial charge on any atom is 0.241 e. The van der Waals surface area contributed by atoms with Crippen LogP contribution in [-0.2, 0) is 16.6 Å². The Bertz CT molecular complexity index is 547. The highest BCUT2D eigenvalue weighted by atomic mass is 79.9. The number of aliphatic hydroxyl groups excluding tert-OH is 1. The van der Waals surface area contributed by atoms with E-state index in [1.54, 1.807) is 33.8 Å². The Labute approximate surface area is 117 Å². The van der Waals surface area contributed by atoms with Crippen LogP contribution >= 0.6 is 15.9 Å². The summed E-state index contributed by atoms with van der Waals surface area (Å²) in [6, 6.07) is 3.21. The zero-order chi connectivity index (χ0) is 14.1. The molecule has 0 radical (unpaired) electrons. The quantitative estimate of drug-likeness (QED) is 0.890. The van der Waals surface area contributed by atoms with Crippen molar-refractivity contribution in [3.63, 3.8) is 0 Å². The van der Waals surface area contributed by atoms with Crippen LogP contribution in [0.15, 0.2) is 21.5 Å². The van der Waals surface area contributed by atoms with Gasteiger partial charge in [-0.2, -0.15) is 0 Å². The first-order chi connectivity index (χ1) is 8.07. The van der Waals surface area contributed by atoms with Gasteiger partial charge >= 0.3 is 0 Å². The highest BCUT2D eigenvalue weighted by Gasteiger charge is 2.24. The number of aliphatic hydroxyl groups is 1. The molecular weight excluding hydrogens is 318 g/mol. The predicted octanol–water partition coefficient (Wildman–Crippen LogP) is 2.33. The predicted molar refractivity (Wildman–Crippen MR) is 74.9 cm³/mol. The minimum atomic E-state index is -3.59. The number of benzene rings is 1. The van der Waals surface area contributed by atoms with E-state index in [0.29, 0.717) is 15.6 Å². The molecule has 0 fully saturated rings. The van der Waals surface area contributed by atoms with Gasteiger partial charge in [0.1, 0.15) is 0 Å². The van der Waals surface area contributed by atoms with Crippen molar-refractivity contribution in [2.45, 2.75) is 44.7 Å². The van der Waals surface area contributed by atoms with Gasteiger partial charge in [-0.05, 0) is 51.0 Å². The number of halogens is 1. The molecule has 0 saturated carbocycles. The Morgan fingerprint density at radius 1 is 1.33 bits per heavy atom. The van der Waals surface area contributed by atoms with Crippen molar-refractivity contribution < 1.29 is 13.5 Å². The number of sulfonamides is 1. The second kappa shape index (κ2) is 5.28. The average molecular weight is 336 g/mol. The first kappa shape index (κ1) is 15.6. The molecule has 0 unspecified atom stereocenters. The Kier molecular flexibility index (Phi) is 4.59. The lowest BCUT2D eigenvalue weighted by Gasteiger charge is -2.21. The lowest BCUT2D eigenvalue weighted by Crippen LogP contribution is -2.40. The van der Waals surface area contributed by atoms with Crippen LogP contribution in [0.1, 0.15) is 31.9 Å². The third kappa shape index (κ3) is 3.78. The molecular formula is C12H18BrNO3S. The van der Waals surface area contributed by atoms with E-state index in [1.165, 1.54) is 6.07 Å². The normalized spacial score (nSPS) is 12.8. The molecule has 0 amide bonds. The molecule has 0 spiro atoms. The van der Waals surface area contributed by atoms with Crippen LogP contribution in [0.5, 0.6) is 0 Å². The van der Waals surface area contributed by atoms with Gasteiger partial charge in [-0.3, -0.25) is 0 Å². The van der Waals surface area contributed by atoms with Crippen molar-refractivity contribution in [2.75, 3.05) is 0 Å². The van der Waals surface area contributed by atoms with Crippen LogP contribution in [0, 0.1) is 6.92 Å². The van der Waals surface area contributed by atoms with Crippen LogP contribution in [0.2, 0.25) is 0 Å². The van der Waals surface area contributed by atoms with Gasteiger partial charge < -0.3 is 5.11 Å². The van der Waals surface area contributed by atoms with E-state index in [-0.39, 0.29) is 11.5 Å². The first-order valence-corrected chi connectivity index (χ1v) is 7.78. The van der Waals surface area contributed by atoms with Crippen molar-refractivity contribution in [3.05, 3.63) is 27.7 Å². The van der Waals surface area contributed by atoms with E-state index in [2.05, 4.69) is 20.7 Å². The van der Waals surface area contributed by atoms with Crippen LogP contribution in [0.25, 0.3) is 0 Å². The molecule has 4 nitrogen and oxygen atoms in total. The van der Waals surface area contributed by atoms with Gasteiger partial charge in [0, 0.05) is 10.0 Å². The fraction of sp³-hybridized carbons (Fsp3) is 0.500. The van der Waals surface area contributed by atoms with Crippen LogP contribution < -0.4 is 4.72 Å². The van der Waals surface area contributed by atoms with Crippen LogP contribution in [0.4, 0.5) is 0 Å². The summed E-state index contributed by atoms with van der Waals surface area (Å²) in [6.45, 7) is 6.87. The van der Waals surface area contributed by atoms with E-state index in [1.807, 2.05) is 0 Å². The third-order valence-corrected chi connectivity index (χ3v) is 4.98. The second-order valence-electron chi connectivity index (χ2n) is 5.21. The summed E-state index contributed by atoms with van der Waals surface area (Å²) in [4.78, 5) is 0.191. The van der Waals surface area contributed by atoms with Gasteiger partial charge in [-0.1, -0.05) is 15.9 Å². The van der Waals surface area contributed by atoms with E-state index in [0.717, 1.165) is 0 Å². The molecule has 1 rings (SSSR count). The maximum absolute atomic E-state index is 12.3. The van der Waals surface area contributed by atoms with Crippen molar-refractivity contribution >= 4 is 26.0 Å². The Morgan fingerprint density at radius 3 is 2.33 bits per heavy atom. The number of rotatable bonds is 3. The summed E-state index contributed by atoms with van der Waals surface area (Å²) >= 11 is 3.31. The Balaban J connectivity index is 3.36. The molecule has 0 aliphatic carbocycles. The standard InChI is InChI=1S/C12H18BrNO3S/c1-8-10(13)5-9(7-15)6-11(8)18(16,17)14-12(2,3)4/h5-6,14-15H,7H2,1-4H3. The smallest absolute Gasteiger partial charge is 0.241 e. The topological polar surface area (TPSA) is 66.4 Å². The molecule has 0 bridgehead atoms. The van der Waals surface area contributed by atoms with Gasteiger partial charge in [0.05, 0.1) is 11.5 Å². The fourth-order valence-corrected chi connectivity index (χ4v) is 3.91. The van der Waals surface area contributed by atoms with Crippen molar-refractivity contribution in [2.24, 2.45) is 0 Å². The minimum Gasteiger partial charge on any atom is -0.392 e.